The molecule has 1 amide bonds. The average molecular weight is 264 g/mol. The molecule has 0 bridgehead atoms. The minimum atomic E-state index is -0.0627. The number of aromatic nitrogens is 2. The fourth-order valence-electron chi connectivity index (χ4n) is 2.76. The number of carbonyl (C=O) groups excluding carboxylic acids is 1. The van der Waals surface area contributed by atoms with E-state index in [-0.39, 0.29) is 11.9 Å². The van der Waals surface area contributed by atoms with Crippen LogP contribution in [0, 0.1) is 0 Å². The van der Waals surface area contributed by atoms with Gasteiger partial charge in [0.25, 0.3) is 0 Å². The quantitative estimate of drug-likeness (QED) is 0.892. The number of rotatable bonds is 4. The maximum atomic E-state index is 12.1. The summed E-state index contributed by atoms with van der Waals surface area (Å²) in [5, 5.41) is 0. The van der Waals surface area contributed by atoms with Gasteiger partial charge in [-0.05, 0) is 19.8 Å². The highest BCUT2D eigenvalue weighted by molar-refractivity contribution is 5.76. The van der Waals surface area contributed by atoms with Crippen LogP contribution in [0.25, 0.3) is 0 Å². The van der Waals surface area contributed by atoms with Crippen LogP contribution in [-0.2, 0) is 11.2 Å². The highest BCUT2D eigenvalue weighted by Gasteiger charge is 2.25. The number of amides is 1. The largest absolute Gasteiger partial charge is 0.341 e. The maximum absolute atomic E-state index is 12.1. The van der Waals surface area contributed by atoms with Gasteiger partial charge < -0.3 is 15.2 Å². The third-order valence-electron chi connectivity index (χ3n) is 3.70. The van der Waals surface area contributed by atoms with Gasteiger partial charge in [0, 0.05) is 44.4 Å². The lowest BCUT2D eigenvalue weighted by Gasteiger charge is -2.34. The van der Waals surface area contributed by atoms with Crippen molar-refractivity contribution in [3.63, 3.8) is 0 Å². The molecule has 1 aliphatic heterocycles. The SMILES string of the molecule is CCc1nccn1C1CCCN(C(=O)CC(C)N)C1. The summed E-state index contributed by atoms with van der Waals surface area (Å²) in [7, 11) is 0. The van der Waals surface area contributed by atoms with Crippen molar-refractivity contribution in [2.75, 3.05) is 13.1 Å². The van der Waals surface area contributed by atoms with Crippen molar-refractivity contribution >= 4 is 5.91 Å². The molecule has 2 N–H and O–H groups in total. The van der Waals surface area contributed by atoms with Gasteiger partial charge in [-0.25, -0.2) is 4.98 Å². The summed E-state index contributed by atoms with van der Waals surface area (Å²) < 4.78 is 2.23. The summed E-state index contributed by atoms with van der Waals surface area (Å²) in [6, 6.07) is 0.301. The molecule has 1 aromatic rings. The first kappa shape index (κ1) is 14.1. The van der Waals surface area contributed by atoms with Crippen molar-refractivity contribution in [1.29, 1.82) is 0 Å². The van der Waals surface area contributed by atoms with Crippen LogP contribution in [0.4, 0.5) is 0 Å². The minimum Gasteiger partial charge on any atom is -0.341 e. The number of nitrogens with two attached hydrogens (primary N) is 1. The number of hydrogen-bond donors (Lipinski definition) is 1. The Bertz CT molecular complexity index is 427. The van der Waals surface area contributed by atoms with Gasteiger partial charge in [0.2, 0.25) is 5.91 Å². The molecule has 0 aromatic carbocycles. The van der Waals surface area contributed by atoms with Gasteiger partial charge in [0.05, 0.1) is 6.04 Å². The van der Waals surface area contributed by atoms with E-state index in [1.54, 1.807) is 0 Å². The van der Waals surface area contributed by atoms with Crippen LogP contribution < -0.4 is 5.73 Å². The molecule has 5 heteroatoms. The van der Waals surface area contributed by atoms with Crippen LogP contribution in [0.5, 0.6) is 0 Å². The molecule has 0 saturated carbocycles. The monoisotopic (exact) mass is 264 g/mol. The molecule has 1 aliphatic rings. The van der Waals surface area contributed by atoms with E-state index in [0.29, 0.717) is 12.5 Å². The Kier molecular flexibility index (Phi) is 4.58. The Hall–Kier alpha value is -1.36. The summed E-state index contributed by atoms with van der Waals surface area (Å²) in [5.74, 6) is 1.28. The van der Waals surface area contributed by atoms with Crippen molar-refractivity contribution in [1.82, 2.24) is 14.5 Å². The van der Waals surface area contributed by atoms with E-state index in [1.807, 2.05) is 24.2 Å². The summed E-state index contributed by atoms with van der Waals surface area (Å²) in [6.07, 6.45) is 7.42. The van der Waals surface area contributed by atoms with Gasteiger partial charge in [-0.2, -0.15) is 0 Å². The van der Waals surface area contributed by atoms with Crippen LogP contribution in [0.1, 0.15) is 45.0 Å². The van der Waals surface area contributed by atoms with Crippen LogP contribution in [0.15, 0.2) is 12.4 Å². The lowest BCUT2D eigenvalue weighted by molar-refractivity contribution is -0.133. The number of likely N-dealkylation sites (tertiary alicyclic amines) is 1. The summed E-state index contributed by atoms with van der Waals surface area (Å²) in [5.41, 5.74) is 5.71. The van der Waals surface area contributed by atoms with Crippen LogP contribution in [0.2, 0.25) is 0 Å². The third kappa shape index (κ3) is 3.35. The van der Waals surface area contributed by atoms with Gasteiger partial charge in [-0.15, -0.1) is 0 Å². The molecule has 0 aliphatic carbocycles. The Balaban J connectivity index is 2.03. The molecule has 2 rings (SSSR count). The van der Waals surface area contributed by atoms with Gasteiger partial charge in [0.1, 0.15) is 5.82 Å². The average Bonchev–Trinajstić information content (AvgIpc) is 2.86. The highest BCUT2D eigenvalue weighted by atomic mass is 16.2. The third-order valence-corrected chi connectivity index (χ3v) is 3.70. The second kappa shape index (κ2) is 6.19. The van der Waals surface area contributed by atoms with E-state index in [1.165, 1.54) is 0 Å². The predicted molar refractivity (Wildman–Crippen MR) is 74.7 cm³/mol. The molecule has 2 atom stereocenters. The van der Waals surface area contributed by atoms with Crippen LogP contribution in [-0.4, -0.2) is 39.5 Å². The Morgan fingerprint density at radius 2 is 2.42 bits per heavy atom. The first-order valence-corrected chi connectivity index (χ1v) is 7.16. The van der Waals surface area contributed by atoms with Crippen molar-refractivity contribution in [3.05, 3.63) is 18.2 Å². The number of hydrogen-bond acceptors (Lipinski definition) is 3. The molecule has 2 unspecified atom stereocenters. The number of piperidine rings is 1. The van der Waals surface area contributed by atoms with Crippen molar-refractivity contribution in [2.24, 2.45) is 5.73 Å². The van der Waals surface area contributed by atoms with Gasteiger partial charge in [-0.3, -0.25) is 4.79 Å². The zero-order valence-corrected chi connectivity index (χ0v) is 11.9. The number of carbonyl (C=O) groups is 1. The molecule has 19 heavy (non-hydrogen) atoms. The topological polar surface area (TPSA) is 64.2 Å². The zero-order chi connectivity index (χ0) is 13.8. The molecule has 0 radical (unpaired) electrons. The van der Waals surface area contributed by atoms with Crippen LogP contribution >= 0.6 is 0 Å². The highest BCUT2D eigenvalue weighted by Crippen LogP contribution is 2.23. The molecular formula is C14H24N4O. The molecule has 1 aromatic heterocycles. The first-order chi connectivity index (χ1) is 9.11. The van der Waals surface area contributed by atoms with Gasteiger partial charge in [-0.1, -0.05) is 6.92 Å². The van der Waals surface area contributed by atoms with Crippen LogP contribution in [0.3, 0.4) is 0 Å². The van der Waals surface area contributed by atoms with E-state index in [9.17, 15) is 4.79 Å². The molecule has 106 valence electrons. The summed E-state index contributed by atoms with van der Waals surface area (Å²) >= 11 is 0. The molecule has 1 saturated heterocycles. The first-order valence-electron chi connectivity index (χ1n) is 7.16. The Morgan fingerprint density at radius 3 is 3.11 bits per heavy atom. The Morgan fingerprint density at radius 1 is 1.63 bits per heavy atom. The number of nitrogens with zero attached hydrogens (tertiary/aromatic N) is 3. The Labute approximate surface area is 114 Å². The fourth-order valence-corrected chi connectivity index (χ4v) is 2.76. The standard InChI is InChI=1S/C14H24N4O/c1-3-13-16-6-8-18(13)12-5-4-7-17(10-12)14(19)9-11(2)15/h6,8,11-12H,3-5,7,9-10,15H2,1-2H3. The summed E-state index contributed by atoms with van der Waals surface area (Å²) in [6.45, 7) is 5.64. The van der Waals surface area contributed by atoms with E-state index < -0.39 is 0 Å². The maximum Gasteiger partial charge on any atom is 0.224 e. The molecule has 5 nitrogen and oxygen atoms in total. The van der Waals surface area contributed by atoms with E-state index in [0.717, 1.165) is 38.2 Å². The second-order valence-electron chi connectivity index (χ2n) is 5.42. The smallest absolute Gasteiger partial charge is 0.224 e. The lowest BCUT2D eigenvalue weighted by atomic mass is 10.0. The molecule has 2 heterocycles. The molecule has 0 spiro atoms. The van der Waals surface area contributed by atoms with E-state index >= 15 is 0 Å². The van der Waals surface area contributed by atoms with E-state index in [2.05, 4.69) is 16.5 Å². The predicted octanol–water partition coefficient (Wildman–Crippen LogP) is 1.35. The van der Waals surface area contributed by atoms with Crippen molar-refractivity contribution in [2.45, 2.75) is 51.6 Å². The molecule has 1 fully saturated rings. The fraction of sp³-hybridized carbons (Fsp3) is 0.714. The summed E-state index contributed by atoms with van der Waals surface area (Å²) in [4.78, 5) is 18.4. The number of imidazole rings is 1. The normalized spacial score (nSPS) is 21.4. The minimum absolute atomic E-state index is 0.0627. The number of aryl methyl sites for hydroxylation is 1. The molecular weight excluding hydrogens is 240 g/mol. The van der Waals surface area contributed by atoms with Gasteiger partial charge >= 0.3 is 0 Å². The zero-order valence-electron chi connectivity index (χ0n) is 11.9. The van der Waals surface area contributed by atoms with Crippen molar-refractivity contribution in [3.8, 4) is 0 Å². The van der Waals surface area contributed by atoms with E-state index in [4.69, 9.17) is 5.73 Å². The van der Waals surface area contributed by atoms with Crippen molar-refractivity contribution < 1.29 is 4.79 Å². The van der Waals surface area contributed by atoms with Gasteiger partial charge in [0.15, 0.2) is 0 Å². The second-order valence-corrected chi connectivity index (χ2v) is 5.42. The lowest BCUT2D eigenvalue weighted by Crippen LogP contribution is -2.42.